The van der Waals surface area contributed by atoms with Crippen molar-refractivity contribution in [3.05, 3.63) is 38.8 Å². The van der Waals surface area contributed by atoms with Gasteiger partial charge in [-0.05, 0) is 19.9 Å². The lowest BCUT2D eigenvalue weighted by atomic mass is 10.2. The lowest BCUT2D eigenvalue weighted by molar-refractivity contribution is 0.113. The van der Waals surface area contributed by atoms with Gasteiger partial charge < -0.3 is 5.11 Å². The van der Waals surface area contributed by atoms with Crippen molar-refractivity contribution in [2.75, 3.05) is 6.54 Å². The number of aryl methyl sites for hydroxylation is 1. The minimum atomic E-state index is -0.905. The molecule has 1 unspecified atom stereocenters. The molecule has 0 saturated carbocycles. The Bertz CT molecular complexity index is 986. The van der Waals surface area contributed by atoms with E-state index in [0.717, 1.165) is 4.57 Å². The second kappa shape index (κ2) is 5.11. The zero-order valence-corrected chi connectivity index (χ0v) is 13.0. The first kappa shape index (κ1) is 14.3. The molecule has 3 N–H and O–H groups in total. The van der Waals surface area contributed by atoms with Gasteiger partial charge in [-0.1, -0.05) is 11.3 Å². The van der Waals surface area contributed by atoms with Crippen LogP contribution in [0, 0.1) is 6.92 Å². The molecule has 23 heavy (non-hydrogen) atoms. The van der Waals surface area contributed by atoms with Gasteiger partial charge in [-0.15, -0.1) is 4.80 Å². The lowest BCUT2D eigenvalue weighted by Gasteiger charge is -2.16. The van der Waals surface area contributed by atoms with Crippen LogP contribution in [0.3, 0.4) is 0 Å². The molecular weight excluding hydrogens is 320 g/mol. The summed E-state index contributed by atoms with van der Waals surface area (Å²) in [5.41, 5.74) is -0.211. The van der Waals surface area contributed by atoms with E-state index in [0.29, 0.717) is 33.7 Å². The fourth-order valence-corrected chi connectivity index (χ4v) is 4.08. The van der Waals surface area contributed by atoms with Gasteiger partial charge in [0.25, 0.3) is 5.56 Å². The molecule has 1 aliphatic heterocycles. The van der Waals surface area contributed by atoms with E-state index >= 15 is 0 Å². The fourth-order valence-electron chi connectivity index (χ4n) is 2.97. The Morgan fingerprint density at radius 1 is 1.35 bits per heavy atom. The molecule has 2 atom stereocenters. The highest BCUT2D eigenvalue weighted by Crippen LogP contribution is 2.29. The van der Waals surface area contributed by atoms with Gasteiger partial charge in [0.15, 0.2) is 0 Å². The van der Waals surface area contributed by atoms with E-state index in [1.165, 1.54) is 16.1 Å². The molecule has 0 radical (unpaired) electrons. The van der Waals surface area contributed by atoms with Gasteiger partial charge in [0.2, 0.25) is 0 Å². The summed E-state index contributed by atoms with van der Waals surface area (Å²) in [5.74, 6) is 0. The number of hydrogen-bond acceptors (Lipinski definition) is 7. The van der Waals surface area contributed by atoms with E-state index in [4.69, 9.17) is 0 Å². The van der Waals surface area contributed by atoms with Crippen LogP contribution in [0.4, 0.5) is 0 Å². The smallest absolute Gasteiger partial charge is 0.329 e. The lowest BCUT2D eigenvalue weighted by Crippen LogP contribution is -2.42. The van der Waals surface area contributed by atoms with Crippen molar-refractivity contribution in [2.24, 2.45) is 0 Å². The van der Waals surface area contributed by atoms with E-state index < -0.39 is 23.5 Å². The molecule has 9 nitrogen and oxygen atoms in total. The number of thiophene rings is 1. The van der Waals surface area contributed by atoms with Gasteiger partial charge in [0.05, 0.1) is 23.8 Å². The summed E-state index contributed by atoms with van der Waals surface area (Å²) in [6.45, 7) is 2.35. The number of rotatable bonds is 2. The van der Waals surface area contributed by atoms with Crippen LogP contribution < -0.4 is 16.6 Å². The quantitative estimate of drug-likeness (QED) is 0.581. The van der Waals surface area contributed by atoms with Crippen LogP contribution in [0.2, 0.25) is 0 Å². The van der Waals surface area contributed by atoms with Crippen molar-refractivity contribution in [1.29, 1.82) is 0 Å². The number of aliphatic hydroxyl groups is 1. The van der Waals surface area contributed by atoms with E-state index in [1.54, 1.807) is 19.3 Å². The van der Waals surface area contributed by atoms with Crippen LogP contribution in [-0.2, 0) is 0 Å². The molecular formula is C13H14N6O3S. The Balaban J connectivity index is 2.00. The van der Waals surface area contributed by atoms with Gasteiger partial charge in [-0.25, -0.2) is 4.79 Å². The summed E-state index contributed by atoms with van der Waals surface area (Å²) in [6.07, 6.45) is 2.71. The molecule has 0 aromatic carbocycles. The molecule has 4 heterocycles. The van der Waals surface area contributed by atoms with Crippen molar-refractivity contribution in [3.63, 3.8) is 0 Å². The summed E-state index contributed by atoms with van der Waals surface area (Å²) in [4.78, 5) is 29.8. The van der Waals surface area contributed by atoms with Crippen molar-refractivity contribution in [3.8, 4) is 5.00 Å². The summed E-state index contributed by atoms with van der Waals surface area (Å²) in [7, 11) is 0. The van der Waals surface area contributed by atoms with Crippen molar-refractivity contribution < 1.29 is 5.11 Å². The summed E-state index contributed by atoms with van der Waals surface area (Å²) in [5, 5.41) is 22.0. The highest BCUT2D eigenvalue weighted by atomic mass is 32.1. The first-order valence-electron chi connectivity index (χ1n) is 7.14. The molecule has 0 bridgehead atoms. The van der Waals surface area contributed by atoms with Crippen LogP contribution in [-0.4, -0.2) is 42.4 Å². The molecule has 0 amide bonds. The molecule has 4 rings (SSSR count). The second-order valence-corrected chi connectivity index (χ2v) is 6.41. The Labute approximate surface area is 133 Å². The molecule has 0 aliphatic carbocycles. The molecule has 3 aromatic heterocycles. The van der Waals surface area contributed by atoms with E-state index in [9.17, 15) is 14.7 Å². The molecule has 3 aromatic rings. The van der Waals surface area contributed by atoms with Crippen LogP contribution in [0.15, 0.2) is 22.0 Å². The maximum Gasteiger partial charge on any atom is 0.329 e. The van der Waals surface area contributed by atoms with E-state index in [-0.39, 0.29) is 0 Å². The van der Waals surface area contributed by atoms with Crippen molar-refractivity contribution in [2.45, 2.75) is 25.6 Å². The minimum Gasteiger partial charge on any atom is -0.376 e. The third-order valence-corrected chi connectivity index (χ3v) is 5.26. The van der Waals surface area contributed by atoms with Crippen LogP contribution >= 0.6 is 11.3 Å². The summed E-state index contributed by atoms with van der Waals surface area (Å²) in [6, 6.07) is -0.568. The van der Waals surface area contributed by atoms with Gasteiger partial charge in [-0.3, -0.25) is 19.7 Å². The third-order valence-electron chi connectivity index (χ3n) is 4.08. The molecule has 0 spiro atoms. The predicted octanol–water partition coefficient (Wildman–Crippen LogP) is -0.507. The monoisotopic (exact) mass is 334 g/mol. The number of nitrogens with zero attached hydrogens (tertiary/aromatic N) is 4. The first-order chi connectivity index (χ1) is 11.1. The SMILES string of the molecule is Cc1c(-n2nccn2)sc2[nH]c(=O)n([C@@H]3CCNC3O)c(=O)c12. The van der Waals surface area contributed by atoms with Gasteiger partial charge in [0.1, 0.15) is 16.1 Å². The Morgan fingerprint density at radius 2 is 2.09 bits per heavy atom. The third kappa shape index (κ3) is 2.06. The van der Waals surface area contributed by atoms with Crippen LogP contribution in [0.1, 0.15) is 18.0 Å². The number of fused-ring (bicyclic) bond motifs is 1. The van der Waals surface area contributed by atoms with Crippen LogP contribution in [0.5, 0.6) is 0 Å². The minimum absolute atomic E-state index is 0.399. The standard InChI is InChI=1S/C13H14N6O3S/c1-6-8-10(23-12(6)19-15-4-5-16-19)17-13(22)18(11(8)21)7-2-3-14-9(7)20/h4-5,7,9,14,20H,2-3H2,1H3,(H,17,22)/t7-,9?/m1/s1. The van der Waals surface area contributed by atoms with E-state index in [2.05, 4.69) is 20.5 Å². The number of nitrogens with one attached hydrogen (secondary N) is 2. The Morgan fingerprint density at radius 3 is 2.74 bits per heavy atom. The van der Waals surface area contributed by atoms with Gasteiger partial charge >= 0.3 is 5.69 Å². The molecule has 1 aliphatic rings. The van der Waals surface area contributed by atoms with Crippen LogP contribution in [0.25, 0.3) is 15.2 Å². The zero-order valence-electron chi connectivity index (χ0n) is 12.2. The number of aromatic nitrogens is 5. The summed E-state index contributed by atoms with van der Waals surface area (Å²) < 4.78 is 1.10. The molecule has 120 valence electrons. The highest BCUT2D eigenvalue weighted by molar-refractivity contribution is 7.21. The zero-order chi connectivity index (χ0) is 16.1. The van der Waals surface area contributed by atoms with E-state index in [1.807, 2.05) is 0 Å². The van der Waals surface area contributed by atoms with Crippen molar-refractivity contribution in [1.82, 2.24) is 29.9 Å². The topological polar surface area (TPSA) is 118 Å². The predicted molar refractivity (Wildman–Crippen MR) is 84.0 cm³/mol. The Hall–Kier alpha value is -2.30. The molecule has 1 saturated heterocycles. The number of H-pyrrole nitrogens is 1. The maximum atomic E-state index is 12.8. The Kier molecular flexibility index (Phi) is 3.18. The molecule has 10 heteroatoms. The maximum absolute atomic E-state index is 12.8. The average Bonchev–Trinajstić information content (AvgIpc) is 3.21. The number of aliphatic hydroxyl groups excluding tert-OH is 1. The van der Waals surface area contributed by atoms with Gasteiger partial charge in [0, 0.05) is 5.56 Å². The largest absolute Gasteiger partial charge is 0.376 e. The fraction of sp³-hybridized carbons (Fsp3) is 0.385. The number of hydrogen-bond donors (Lipinski definition) is 3. The van der Waals surface area contributed by atoms with Crippen molar-refractivity contribution >= 4 is 21.6 Å². The normalized spacial score (nSPS) is 21.3. The first-order valence-corrected chi connectivity index (χ1v) is 7.95. The molecule has 1 fully saturated rings. The average molecular weight is 334 g/mol. The highest BCUT2D eigenvalue weighted by Gasteiger charge is 2.30. The number of aromatic amines is 1. The summed E-state index contributed by atoms with van der Waals surface area (Å²) >= 11 is 1.25. The van der Waals surface area contributed by atoms with Gasteiger partial charge in [-0.2, -0.15) is 10.2 Å². The second-order valence-electron chi connectivity index (χ2n) is 5.42.